The van der Waals surface area contributed by atoms with Crippen LogP contribution in [0.1, 0.15) is 21.5 Å². The monoisotopic (exact) mass is 439 g/mol. The molecule has 0 saturated heterocycles. The van der Waals surface area contributed by atoms with E-state index in [9.17, 15) is 9.59 Å². The van der Waals surface area contributed by atoms with Crippen molar-refractivity contribution < 1.29 is 19.1 Å². The highest BCUT2D eigenvalue weighted by Gasteiger charge is 2.18. The van der Waals surface area contributed by atoms with Gasteiger partial charge in [0.2, 0.25) is 5.88 Å². The number of rotatable bonds is 8. The predicted molar refractivity (Wildman–Crippen MR) is 123 cm³/mol. The SMILES string of the molecule is O=C(COC(=O)c1cccnc1Oc1cccnc1)Nc1ccccc1Cc1ccccc1. The van der Waals surface area contributed by atoms with E-state index in [0.29, 0.717) is 17.9 Å². The number of pyridine rings is 2. The number of amides is 1. The number of ether oxygens (including phenoxy) is 2. The van der Waals surface area contributed by atoms with E-state index in [1.54, 1.807) is 24.4 Å². The largest absolute Gasteiger partial charge is 0.452 e. The lowest BCUT2D eigenvalue weighted by Gasteiger charge is -2.12. The van der Waals surface area contributed by atoms with Crippen LogP contribution in [0.5, 0.6) is 11.6 Å². The molecule has 0 radical (unpaired) electrons. The number of aromatic nitrogens is 2. The highest BCUT2D eigenvalue weighted by atomic mass is 16.5. The van der Waals surface area contributed by atoms with E-state index in [1.165, 1.54) is 18.5 Å². The molecule has 0 unspecified atom stereocenters. The number of benzene rings is 2. The maximum Gasteiger partial charge on any atom is 0.344 e. The van der Waals surface area contributed by atoms with Crippen LogP contribution in [0.15, 0.2) is 97.5 Å². The van der Waals surface area contributed by atoms with Crippen LogP contribution in [-0.4, -0.2) is 28.5 Å². The Hall–Kier alpha value is -4.52. The number of carbonyl (C=O) groups is 2. The third kappa shape index (κ3) is 6.01. The maximum absolute atomic E-state index is 12.6. The summed E-state index contributed by atoms with van der Waals surface area (Å²) in [6.07, 6.45) is 5.28. The van der Waals surface area contributed by atoms with Crippen molar-refractivity contribution in [3.63, 3.8) is 0 Å². The van der Waals surface area contributed by atoms with E-state index in [4.69, 9.17) is 9.47 Å². The molecule has 2 aromatic heterocycles. The fraction of sp³-hybridized carbons (Fsp3) is 0.0769. The van der Waals surface area contributed by atoms with Gasteiger partial charge < -0.3 is 14.8 Å². The molecule has 0 bridgehead atoms. The van der Waals surface area contributed by atoms with Crippen LogP contribution in [0.3, 0.4) is 0 Å². The minimum Gasteiger partial charge on any atom is -0.452 e. The number of carbonyl (C=O) groups excluding carboxylic acids is 2. The van der Waals surface area contributed by atoms with Gasteiger partial charge in [-0.1, -0.05) is 48.5 Å². The topological polar surface area (TPSA) is 90.4 Å². The Balaban J connectivity index is 1.38. The average molecular weight is 439 g/mol. The van der Waals surface area contributed by atoms with Crippen molar-refractivity contribution in [2.45, 2.75) is 6.42 Å². The van der Waals surface area contributed by atoms with Gasteiger partial charge in [-0.2, -0.15) is 0 Å². The number of anilines is 1. The summed E-state index contributed by atoms with van der Waals surface area (Å²) in [5.74, 6) is -0.653. The van der Waals surface area contributed by atoms with Gasteiger partial charge in [0.1, 0.15) is 11.3 Å². The van der Waals surface area contributed by atoms with Gasteiger partial charge in [0, 0.05) is 18.1 Å². The molecule has 0 aliphatic carbocycles. The first kappa shape index (κ1) is 21.7. The average Bonchev–Trinajstić information content (AvgIpc) is 2.85. The van der Waals surface area contributed by atoms with Crippen molar-refractivity contribution in [3.8, 4) is 11.6 Å². The van der Waals surface area contributed by atoms with Crippen LogP contribution in [-0.2, 0) is 16.0 Å². The van der Waals surface area contributed by atoms with E-state index in [1.807, 2.05) is 54.6 Å². The fourth-order valence-corrected chi connectivity index (χ4v) is 3.15. The molecule has 33 heavy (non-hydrogen) atoms. The van der Waals surface area contributed by atoms with Crippen molar-refractivity contribution >= 4 is 17.6 Å². The Kier molecular flexibility index (Phi) is 7.02. The second-order valence-corrected chi connectivity index (χ2v) is 7.09. The molecule has 1 N–H and O–H groups in total. The van der Waals surface area contributed by atoms with Gasteiger partial charge in [-0.05, 0) is 47.9 Å². The first-order valence-electron chi connectivity index (χ1n) is 10.3. The molecule has 1 amide bonds. The van der Waals surface area contributed by atoms with Crippen molar-refractivity contribution in [2.75, 3.05) is 11.9 Å². The Bertz CT molecular complexity index is 1230. The van der Waals surface area contributed by atoms with Gasteiger partial charge >= 0.3 is 5.97 Å². The molecule has 4 aromatic rings. The summed E-state index contributed by atoms with van der Waals surface area (Å²) in [5.41, 5.74) is 2.87. The van der Waals surface area contributed by atoms with E-state index in [-0.39, 0.29) is 11.4 Å². The smallest absolute Gasteiger partial charge is 0.344 e. The fourth-order valence-electron chi connectivity index (χ4n) is 3.15. The molecule has 0 atom stereocenters. The van der Waals surface area contributed by atoms with Gasteiger partial charge in [-0.25, -0.2) is 9.78 Å². The molecule has 164 valence electrons. The quantitative estimate of drug-likeness (QED) is 0.402. The zero-order valence-electron chi connectivity index (χ0n) is 17.7. The number of hydrogen-bond acceptors (Lipinski definition) is 6. The molecule has 0 fully saturated rings. The van der Waals surface area contributed by atoms with Crippen molar-refractivity contribution in [1.82, 2.24) is 9.97 Å². The van der Waals surface area contributed by atoms with Crippen LogP contribution < -0.4 is 10.1 Å². The third-order valence-corrected chi connectivity index (χ3v) is 4.70. The van der Waals surface area contributed by atoms with Gasteiger partial charge in [-0.3, -0.25) is 9.78 Å². The van der Waals surface area contributed by atoms with Crippen molar-refractivity contribution in [1.29, 1.82) is 0 Å². The van der Waals surface area contributed by atoms with Crippen molar-refractivity contribution in [2.24, 2.45) is 0 Å². The Morgan fingerprint density at radius 3 is 2.45 bits per heavy atom. The van der Waals surface area contributed by atoms with Gasteiger partial charge in [-0.15, -0.1) is 0 Å². The van der Waals surface area contributed by atoms with E-state index < -0.39 is 18.5 Å². The van der Waals surface area contributed by atoms with Crippen LogP contribution in [0.25, 0.3) is 0 Å². The summed E-state index contributed by atoms with van der Waals surface area (Å²) in [7, 11) is 0. The molecular formula is C26H21N3O4. The van der Waals surface area contributed by atoms with E-state index in [0.717, 1.165) is 11.1 Å². The molecular weight excluding hydrogens is 418 g/mol. The Morgan fingerprint density at radius 1 is 0.848 bits per heavy atom. The summed E-state index contributed by atoms with van der Waals surface area (Å²) in [6.45, 7) is -0.445. The highest BCUT2D eigenvalue weighted by Crippen LogP contribution is 2.23. The standard InChI is InChI=1S/C26H21N3O4/c30-24(29-23-13-5-4-10-20(23)16-19-8-2-1-3-9-19)18-32-26(31)22-12-7-15-28-25(22)33-21-11-6-14-27-17-21/h1-15,17H,16,18H2,(H,29,30). The van der Waals surface area contributed by atoms with Crippen molar-refractivity contribution in [3.05, 3.63) is 114 Å². The second-order valence-electron chi connectivity index (χ2n) is 7.09. The number of esters is 1. The third-order valence-electron chi connectivity index (χ3n) is 4.70. The van der Waals surface area contributed by atoms with Gasteiger partial charge in [0.15, 0.2) is 6.61 Å². The lowest BCUT2D eigenvalue weighted by molar-refractivity contribution is -0.119. The number of hydrogen-bond donors (Lipinski definition) is 1. The van der Waals surface area contributed by atoms with Crippen LogP contribution in [0.2, 0.25) is 0 Å². The van der Waals surface area contributed by atoms with Gasteiger partial charge in [0.25, 0.3) is 5.91 Å². The summed E-state index contributed by atoms with van der Waals surface area (Å²) in [4.78, 5) is 33.1. The molecule has 0 aliphatic rings. The molecule has 2 heterocycles. The summed E-state index contributed by atoms with van der Waals surface area (Å²) in [5, 5.41) is 2.82. The summed E-state index contributed by atoms with van der Waals surface area (Å²) >= 11 is 0. The Labute approximate surface area is 191 Å². The number of nitrogens with one attached hydrogen (secondary N) is 1. The molecule has 0 spiro atoms. The first-order chi connectivity index (χ1) is 16.2. The minimum atomic E-state index is -0.713. The minimum absolute atomic E-state index is 0.0733. The Morgan fingerprint density at radius 2 is 1.64 bits per heavy atom. The van der Waals surface area contributed by atoms with Crippen LogP contribution >= 0.6 is 0 Å². The number of para-hydroxylation sites is 1. The summed E-state index contributed by atoms with van der Waals surface area (Å²) in [6, 6.07) is 24.0. The molecule has 0 saturated carbocycles. The first-order valence-corrected chi connectivity index (χ1v) is 10.3. The zero-order chi connectivity index (χ0) is 22.9. The lowest BCUT2D eigenvalue weighted by Crippen LogP contribution is -2.22. The summed E-state index contributed by atoms with van der Waals surface area (Å²) < 4.78 is 10.8. The maximum atomic E-state index is 12.6. The molecule has 2 aromatic carbocycles. The van der Waals surface area contributed by atoms with Crippen LogP contribution in [0, 0.1) is 0 Å². The second kappa shape index (κ2) is 10.7. The lowest BCUT2D eigenvalue weighted by atomic mass is 10.0. The van der Waals surface area contributed by atoms with Crippen LogP contribution in [0.4, 0.5) is 5.69 Å². The zero-order valence-corrected chi connectivity index (χ0v) is 17.7. The molecule has 4 rings (SSSR count). The van der Waals surface area contributed by atoms with E-state index in [2.05, 4.69) is 15.3 Å². The molecule has 0 aliphatic heterocycles. The van der Waals surface area contributed by atoms with E-state index >= 15 is 0 Å². The number of nitrogens with zero attached hydrogens (tertiary/aromatic N) is 2. The highest BCUT2D eigenvalue weighted by molar-refractivity contribution is 5.96. The normalized spacial score (nSPS) is 10.3. The molecule has 7 nitrogen and oxygen atoms in total. The molecule has 7 heteroatoms. The van der Waals surface area contributed by atoms with Gasteiger partial charge in [0.05, 0.1) is 6.20 Å². The predicted octanol–water partition coefficient (Wildman–Crippen LogP) is 4.66.